The number of benzene rings is 1. The molecule has 1 saturated heterocycles. The fourth-order valence-electron chi connectivity index (χ4n) is 2.15. The second-order valence-corrected chi connectivity index (χ2v) is 7.33. The topological polar surface area (TPSA) is 32.7 Å². The minimum Gasteiger partial charge on any atom is -0.311 e. The Kier molecular flexibility index (Phi) is 4.05. The van der Waals surface area contributed by atoms with Crippen molar-refractivity contribution in [3.05, 3.63) is 29.3 Å². The number of aliphatic imine (C=N–C) groups is 1. The molecule has 0 unspecified atom stereocenters. The van der Waals surface area contributed by atoms with Gasteiger partial charge in [0, 0.05) is 23.0 Å². The molecule has 2 heterocycles. The quantitative estimate of drug-likeness (QED) is 0.840. The summed E-state index contributed by atoms with van der Waals surface area (Å²) in [5.41, 5.74) is 0.929. The highest BCUT2D eigenvalue weighted by Gasteiger charge is 2.34. The summed E-state index contributed by atoms with van der Waals surface area (Å²) in [5.74, 6) is 1.23. The van der Waals surface area contributed by atoms with E-state index in [1.165, 1.54) is 0 Å². The molecular weight excluding hydrogens is 300 g/mol. The van der Waals surface area contributed by atoms with Crippen LogP contribution in [-0.4, -0.2) is 34.4 Å². The highest BCUT2D eigenvalue weighted by atomic mass is 35.5. The van der Waals surface area contributed by atoms with Crippen molar-refractivity contribution in [2.75, 3.05) is 23.7 Å². The lowest BCUT2D eigenvalue weighted by molar-refractivity contribution is -0.116. The van der Waals surface area contributed by atoms with Crippen molar-refractivity contribution < 1.29 is 4.79 Å². The molecule has 1 amide bonds. The van der Waals surface area contributed by atoms with Gasteiger partial charge in [-0.25, -0.2) is 0 Å². The van der Waals surface area contributed by atoms with Crippen molar-refractivity contribution in [2.24, 2.45) is 4.99 Å². The molecule has 0 saturated carbocycles. The van der Waals surface area contributed by atoms with Gasteiger partial charge in [0.25, 0.3) is 0 Å². The molecule has 2 aliphatic heterocycles. The normalized spacial score (nSPS) is 23.0. The summed E-state index contributed by atoms with van der Waals surface area (Å²) in [6.07, 6.45) is 0.881. The standard InChI is InChI=1S/C13H13ClN2OS2/c14-9-1-3-10(4-2-9)16-7-5-11(12(16)17)19-13-15-6-8-18-13/h1-4,11H,5-8H2/t11-/m1/s1. The Morgan fingerprint density at radius 3 is 2.84 bits per heavy atom. The van der Waals surface area contributed by atoms with Crippen LogP contribution in [0.4, 0.5) is 5.69 Å². The zero-order chi connectivity index (χ0) is 13.2. The molecule has 0 bridgehead atoms. The number of carbonyl (C=O) groups is 1. The molecule has 1 atom stereocenters. The first kappa shape index (κ1) is 13.3. The van der Waals surface area contributed by atoms with Crippen molar-refractivity contribution in [2.45, 2.75) is 11.7 Å². The zero-order valence-electron chi connectivity index (χ0n) is 10.2. The van der Waals surface area contributed by atoms with Crippen LogP contribution in [0.25, 0.3) is 0 Å². The van der Waals surface area contributed by atoms with Crippen LogP contribution < -0.4 is 4.90 Å². The number of hydrogen-bond acceptors (Lipinski definition) is 4. The van der Waals surface area contributed by atoms with Gasteiger partial charge < -0.3 is 4.90 Å². The number of carbonyl (C=O) groups excluding carboxylic acids is 1. The number of rotatable bonds is 2. The number of thioether (sulfide) groups is 2. The second kappa shape index (κ2) is 5.77. The van der Waals surface area contributed by atoms with Crippen LogP contribution in [0, 0.1) is 0 Å². The number of nitrogens with zero attached hydrogens (tertiary/aromatic N) is 2. The first-order valence-corrected chi connectivity index (χ1v) is 8.39. The van der Waals surface area contributed by atoms with E-state index < -0.39 is 0 Å². The highest BCUT2D eigenvalue weighted by molar-refractivity contribution is 8.39. The molecule has 0 aliphatic carbocycles. The lowest BCUT2D eigenvalue weighted by Crippen LogP contribution is -2.28. The predicted octanol–water partition coefficient (Wildman–Crippen LogP) is 3.28. The molecular formula is C13H13ClN2OS2. The van der Waals surface area contributed by atoms with Crippen LogP contribution >= 0.6 is 35.1 Å². The molecule has 1 fully saturated rings. The lowest BCUT2D eigenvalue weighted by atomic mass is 10.3. The summed E-state index contributed by atoms with van der Waals surface area (Å²) in [5, 5.41) is 0.707. The van der Waals surface area contributed by atoms with Gasteiger partial charge in [0.05, 0.1) is 11.8 Å². The average molecular weight is 313 g/mol. The van der Waals surface area contributed by atoms with Crippen LogP contribution in [0.15, 0.2) is 29.3 Å². The van der Waals surface area contributed by atoms with Crippen molar-refractivity contribution >= 4 is 51.1 Å². The Hall–Kier alpha value is -0.650. The molecule has 6 heteroatoms. The molecule has 3 nitrogen and oxygen atoms in total. The Morgan fingerprint density at radius 2 is 2.16 bits per heavy atom. The number of anilines is 1. The molecule has 2 aliphatic rings. The molecule has 0 spiro atoms. The van der Waals surface area contributed by atoms with E-state index in [9.17, 15) is 4.79 Å². The number of amides is 1. The van der Waals surface area contributed by atoms with E-state index in [-0.39, 0.29) is 11.2 Å². The molecule has 0 N–H and O–H groups in total. The molecule has 0 aromatic heterocycles. The maximum Gasteiger partial charge on any atom is 0.240 e. The van der Waals surface area contributed by atoms with E-state index in [2.05, 4.69) is 4.99 Å². The van der Waals surface area contributed by atoms with Gasteiger partial charge >= 0.3 is 0 Å². The van der Waals surface area contributed by atoms with Crippen LogP contribution in [0.2, 0.25) is 5.02 Å². The first-order chi connectivity index (χ1) is 9.24. The summed E-state index contributed by atoms with van der Waals surface area (Å²) in [6, 6.07) is 7.44. The van der Waals surface area contributed by atoms with Crippen LogP contribution in [0.1, 0.15) is 6.42 Å². The largest absolute Gasteiger partial charge is 0.311 e. The number of halogens is 1. The van der Waals surface area contributed by atoms with Gasteiger partial charge in [0.2, 0.25) is 5.91 Å². The zero-order valence-corrected chi connectivity index (χ0v) is 12.6. The molecule has 100 valence electrons. The predicted molar refractivity (Wildman–Crippen MR) is 84.6 cm³/mol. The van der Waals surface area contributed by atoms with Gasteiger partial charge in [-0.3, -0.25) is 9.79 Å². The van der Waals surface area contributed by atoms with Crippen molar-refractivity contribution in [1.82, 2.24) is 0 Å². The van der Waals surface area contributed by atoms with Gasteiger partial charge in [-0.1, -0.05) is 35.1 Å². The van der Waals surface area contributed by atoms with Gasteiger partial charge in [0.15, 0.2) is 0 Å². The summed E-state index contributed by atoms with van der Waals surface area (Å²) < 4.78 is 1.07. The van der Waals surface area contributed by atoms with E-state index in [0.717, 1.165) is 35.3 Å². The summed E-state index contributed by atoms with van der Waals surface area (Å²) in [7, 11) is 0. The Balaban J connectivity index is 1.69. The minimum absolute atomic E-state index is 0.0139. The van der Waals surface area contributed by atoms with E-state index in [0.29, 0.717) is 5.02 Å². The van der Waals surface area contributed by atoms with Crippen LogP contribution in [0.5, 0.6) is 0 Å². The lowest BCUT2D eigenvalue weighted by Gasteiger charge is -2.16. The molecule has 1 aromatic rings. The second-order valence-electron chi connectivity index (χ2n) is 4.36. The Morgan fingerprint density at radius 1 is 1.37 bits per heavy atom. The van der Waals surface area contributed by atoms with E-state index >= 15 is 0 Å². The maximum absolute atomic E-state index is 12.4. The van der Waals surface area contributed by atoms with Gasteiger partial charge in [0.1, 0.15) is 4.38 Å². The SMILES string of the molecule is O=C1[C@H](SC2=NCCS2)CCN1c1ccc(Cl)cc1. The Bertz CT molecular complexity index is 518. The van der Waals surface area contributed by atoms with E-state index in [1.54, 1.807) is 23.5 Å². The third kappa shape index (κ3) is 2.93. The van der Waals surface area contributed by atoms with Gasteiger partial charge in [-0.15, -0.1) is 0 Å². The summed E-state index contributed by atoms with van der Waals surface area (Å²) >= 11 is 9.25. The number of hydrogen-bond donors (Lipinski definition) is 0. The highest BCUT2D eigenvalue weighted by Crippen LogP contribution is 2.33. The van der Waals surface area contributed by atoms with Crippen LogP contribution in [0.3, 0.4) is 0 Å². The van der Waals surface area contributed by atoms with Gasteiger partial charge in [-0.05, 0) is 30.7 Å². The minimum atomic E-state index is 0.0139. The Labute approximate surface area is 125 Å². The smallest absolute Gasteiger partial charge is 0.240 e. The maximum atomic E-state index is 12.4. The third-order valence-electron chi connectivity index (χ3n) is 3.10. The molecule has 19 heavy (non-hydrogen) atoms. The average Bonchev–Trinajstić information content (AvgIpc) is 3.03. The first-order valence-electron chi connectivity index (χ1n) is 6.15. The fourth-order valence-corrected chi connectivity index (χ4v) is 4.55. The fraction of sp³-hybridized carbons (Fsp3) is 0.385. The van der Waals surface area contributed by atoms with E-state index in [1.807, 2.05) is 29.2 Å². The van der Waals surface area contributed by atoms with Gasteiger partial charge in [-0.2, -0.15) is 0 Å². The van der Waals surface area contributed by atoms with E-state index in [4.69, 9.17) is 11.6 Å². The van der Waals surface area contributed by atoms with Crippen LogP contribution in [-0.2, 0) is 4.79 Å². The molecule has 0 radical (unpaired) electrons. The van der Waals surface area contributed by atoms with Crippen molar-refractivity contribution in [3.8, 4) is 0 Å². The third-order valence-corrected chi connectivity index (χ3v) is 5.81. The summed E-state index contributed by atoms with van der Waals surface area (Å²) in [6.45, 7) is 1.66. The monoisotopic (exact) mass is 312 g/mol. The molecule has 1 aromatic carbocycles. The van der Waals surface area contributed by atoms with Crippen molar-refractivity contribution in [1.29, 1.82) is 0 Å². The molecule has 3 rings (SSSR count). The van der Waals surface area contributed by atoms with Crippen molar-refractivity contribution in [3.63, 3.8) is 0 Å². The summed E-state index contributed by atoms with van der Waals surface area (Å²) in [4.78, 5) is 18.6.